The maximum Gasteiger partial charge on any atom is 0.156 e. The molecule has 0 aliphatic carbocycles. The Kier molecular flexibility index (Phi) is 3.86. The van der Waals surface area contributed by atoms with E-state index in [4.69, 9.17) is 5.73 Å². The van der Waals surface area contributed by atoms with Crippen molar-refractivity contribution in [3.8, 4) is 0 Å². The number of aryl methyl sites for hydroxylation is 3. The van der Waals surface area contributed by atoms with Crippen LogP contribution in [0.5, 0.6) is 0 Å². The maximum absolute atomic E-state index is 5.65. The molecule has 0 saturated carbocycles. The summed E-state index contributed by atoms with van der Waals surface area (Å²) in [6.07, 6.45) is 0.867. The average Bonchev–Trinajstić information content (AvgIpc) is 2.78. The Morgan fingerprint density at radius 3 is 2.82 bits per heavy atom. The molecule has 0 atom stereocenters. The number of rotatable bonds is 4. The zero-order chi connectivity index (χ0) is 12.4. The molecule has 6 heteroatoms. The molecule has 92 valence electrons. The molecule has 0 saturated heterocycles. The predicted octanol–water partition coefficient (Wildman–Crippen LogP) is 2.15. The third-order valence-corrected chi connectivity index (χ3v) is 4.73. The predicted molar refractivity (Wildman–Crippen MR) is 71.7 cm³/mol. The zero-order valence-electron chi connectivity index (χ0n) is 10.2. The summed E-state index contributed by atoms with van der Waals surface area (Å²) >= 11 is 3.34. The first kappa shape index (κ1) is 12.6. The van der Waals surface area contributed by atoms with Crippen molar-refractivity contribution in [1.82, 2.24) is 14.8 Å². The lowest BCUT2D eigenvalue weighted by molar-refractivity contribution is 0.688. The highest BCUT2D eigenvalue weighted by Crippen LogP contribution is 2.33. The SMILES string of the molecule is Cc1csc(Sc2c(CCN)c(C)nn2C)n1. The van der Waals surface area contributed by atoms with E-state index in [0.29, 0.717) is 6.54 Å². The molecule has 0 bridgehead atoms. The van der Waals surface area contributed by atoms with E-state index in [1.54, 1.807) is 23.1 Å². The van der Waals surface area contributed by atoms with E-state index in [9.17, 15) is 0 Å². The van der Waals surface area contributed by atoms with E-state index in [1.807, 2.05) is 25.6 Å². The largest absolute Gasteiger partial charge is 0.330 e. The summed E-state index contributed by atoms with van der Waals surface area (Å²) in [7, 11) is 1.97. The van der Waals surface area contributed by atoms with Crippen LogP contribution in [0.3, 0.4) is 0 Å². The van der Waals surface area contributed by atoms with Gasteiger partial charge in [0.2, 0.25) is 0 Å². The van der Waals surface area contributed by atoms with Gasteiger partial charge in [0, 0.05) is 23.7 Å². The number of nitrogens with zero attached hydrogens (tertiary/aromatic N) is 3. The van der Waals surface area contributed by atoms with Gasteiger partial charge in [-0.15, -0.1) is 11.3 Å². The van der Waals surface area contributed by atoms with Crippen molar-refractivity contribution in [2.45, 2.75) is 29.6 Å². The van der Waals surface area contributed by atoms with E-state index < -0.39 is 0 Å². The van der Waals surface area contributed by atoms with Crippen LogP contribution in [-0.4, -0.2) is 21.3 Å². The van der Waals surface area contributed by atoms with Gasteiger partial charge in [0.1, 0.15) is 5.03 Å². The molecule has 0 radical (unpaired) electrons. The van der Waals surface area contributed by atoms with E-state index in [1.165, 1.54) is 5.56 Å². The van der Waals surface area contributed by atoms with Crippen molar-refractivity contribution in [2.24, 2.45) is 12.8 Å². The van der Waals surface area contributed by atoms with Crippen LogP contribution in [0.15, 0.2) is 14.7 Å². The second-order valence-corrected chi connectivity index (χ2v) is 5.98. The van der Waals surface area contributed by atoms with Gasteiger partial charge in [-0.05, 0) is 38.6 Å². The van der Waals surface area contributed by atoms with Crippen LogP contribution in [0.2, 0.25) is 0 Å². The van der Waals surface area contributed by atoms with Gasteiger partial charge in [-0.25, -0.2) is 4.98 Å². The average molecular weight is 268 g/mol. The summed E-state index contributed by atoms with van der Waals surface area (Å²) in [5.74, 6) is 0. The summed E-state index contributed by atoms with van der Waals surface area (Å²) < 4.78 is 2.98. The second kappa shape index (κ2) is 5.20. The number of aromatic nitrogens is 3. The fourth-order valence-corrected chi connectivity index (χ4v) is 3.70. The first-order valence-electron chi connectivity index (χ1n) is 5.44. The van der Waals surface area contributed by atoms with Gasteiger partial charge < -0.3 is 5.73 Å². The van der Waals surface area contributed by atoms with Crippen LogP contribution in [-0.2, 0) is 13.5 Å². The van der Waals surface area contributed by atoms with Crippen LogP contribution >= 0.6 is 23.1 Å². The molecule has 2 heterocycles. The molecule has 0 unspecified atom stereocenters. The van der Waals surface area contributed by atoms with Crippen molar-refractivity contribution in [3.63, 3.8) is 0 Å². The summed E-state index contributed by atoms with van der Waals surface area (Å²) in [5, 5.41) is 7.67. The van der Waals surface area contributed by atoms with Crippen LogP contribution in [0.25, 0.3) is 0 Å². The Hall–Kier alpha value is -0.850. The summed E-state index contributed by atoms with van der Waals surface area (Å²) in [6.45, 7) is 4.69. The minimum atomic E-state index is 0.650. The maximum atomic E-state index is 5.65. The topological polar surface area (TPSA) is 56.7 Å². The van der Waals surface area contributed by atoms with Crippen LogP contribution < -0.4 is 5.73 Å². The molecule has 0 aliphatic heterocycles. The quantitative estimate of drug-likeness (QED) is 0.923. The molecule has 0 aromatic carbocycles. The fourth-order valence-electron chi connectivity index (χ4n) is 1.70. The molecule has 0 fully saturated rings. The third-order valence-electron chi connectivity index (χ3n) is 2.47. The van der Waals surface area contributed by atoms with Gasteiger partial charge >= 0.3 is 0 Å². The number of hydrogen-bond acceptors (Lipinski definition) is 5. The second-order valence-electron chi connectivity index (χ2n) is 3.89. The van der Waals surface area contributed by atoms with Crippen molar-refractivity contribution < 1.29 is 0 Å². The van der Waals surface area contributed by atoms with Gasteiger partial charge in [-0.1, -0.05) is 0 Å². The Morgan fingerprint density at radius 2 is 2.24 bits per heavy atom. The molecule has 0 amide bonds. The van der Waals surface area contributed by atoms with Crippen molar-refractivity contribution in [3.05, 3.63) is 22.3 Å². The Labute approximate surface area is 109 Å². The highest BCUT2D eigenvalue weighted by atomic mass is 32.2. The fraction of sp³-hybridized carbons (Fsp3) is 0.455. The molecule has 2 rings (SSSR count). The van der Waals surface area contributed by atoms with Gasteiger partial charge in [0.25, 0.3) is 0 Å². The monoisotopic (exact) mass is 268 g/mol. The lowest BCUT2D eigenvalue weighted by Crippen LogP contribution is -2.04. The summed E-state index contributed by atoms with van der Waals surface area (Å²) in [6, 6.07) is 0. The van der Waals surface area contributed by atoms with Gasteiger partial charge in [0.15, 0.2) is 4.34 Å². The number of thiazole rings is 1. The minimum absolute atomic E-state index is 0.650. The van der Waals surface area contributed by atoms with Crippen LogP contribution in [0, 0.1) is 13.8 Å². The van der Waals surface area contributed by atoms with Gasteiger partial charge in [0.05, 0.1) is 5.69 Å². The van der Waals surface area contributed by atoms with E-state index in [2.05, 4.69) is 15.5 Å². The van der Waals surface area contributed by atoms with E-state index in [-0.39, 0.29) is 0 Å². The molecule has 0 aliphatic rings. The van der Waals surface area contributed by atoms with Crippen LogP contribution in [0.1, 0.15) is 17.0 Å². The van der Waals surface area contributed by atoms with Crippen molar-refractivity contribution >= 4 is 23.1 Å². The number of nitrogens with two attached hydrogens (primary N) is 1. The summed E-state index contributed by atoms with van der Waals surface area (Å²) in [4.78, 5) is 4.47. The highest BCUT2D eigenvalue weighted by Gasteiger charge is 2.15. The molecule has 2 aromatic heterocycles. The van der Waals surface area contributed by atoms with Crippen LogP contribution in [0.4, 0.5) is 0 Å². The summed E-state index contributed by atoms with van der Waals surface area (Å²) in [5.41, 5.74) is 9.02. The number of hydrogen-bond donors (Lipinski definition) is 1. The first-order valence-corrected chi connectivity index (χ1v) is 7.14. The lowest BCUT2D eigenvalue weighted by Gasteiger charge is -2.02. The lowest BCUT2D eigenvalue weighted by atomic mass is 10.2. The first-order chi connectivity index (χ1) is 8.11. The van der Waals surface area contributed by atoms with Crippen molar-refractivity contribution in [1.29, 1.82) is 0 Å². The minimum Gasteiger partial charge on any atom is -0.330 e. The normalized spacial score (nSPS) is 11.1. The third kappa shape index (κ3) is 2.70. The van der Waals surface area contributed by atoms with Gasteiger partial charge in [-0.3, -0.25) is 4.68 Å². The molecule has 0 spiro atoms. The molecule has 2 aromatic rings. The Morgan fingerprint density at radius 1 is 1.47 bits per heavy atom. The molecular formula is C11H16N4S2. The highest BCUT2D eigenvalue weighted by molar-refractivity contribution is 8.01. The molecule has 17 heavy (non-hydrogen) atoms. The molecule has 4 nitrogen and oxygen atoms in total. The van der Waals surface area contributed by atoms with Gasteiger partial charge in [-0.2, -0.15) is 5.10 Å². The van der Waals surface area contributed by atoms with Crippen molar-refractivity contribution in [2.75, 3.05) is 6.54 Å². The Balaban J connectivity index is 2.31. The molecular weight excluding hydrogens is 252 g/mol. The standard InChI is InChI=1S/C11H16N4S2/c1-7-6-16-11(13-7)17-10-9(4-5-12)8(2)14-15(10)3/h6H,4-5,12H2,1-3H3. The molecule has 2 N–H and O–H groups in total. The smallest absolute Gasteiger partial charge is 0.156 e. The van der Waals surface area contributed by atoms with E-state index >= 15 is 0 Å². The Bertz CT molecular complexity index is 516. The van der Waals surface area contributed by atoms with E-state index in [0.717, 1.165) is 27.2 Å². The zero-order valence-corrected chi connectivity index (χ0v) is 11.9.